The molecule has 66 valence electrons. The lowest BCUT2D eigenvalue weighted by atomic mass is 10.7. The third-order valence-corrected chi connectivity index (χ3v) is 1.41. The Hall–Kier alpha value is -0.640. The fourth-order valence-corrected chi connectivity index (χ4v) is 0. The van der Waals surface area contributed by atoms with Gasteiger partial charge in [0.25, 0.3) is 0 Å². The maximum absolute atomic E-state index is 9.69. The Bertz CT molecular complexity index is 170. The Morgan fingerprint density at radius 2 is 1.82 bits per heavy atom. The van der Waals surface area contributed by atoms with Crippen LogP contribution in [0.25, 0.3) is 0 Å². The SMILES string of the molecule is C=CC(=O)O.CCP(=O)(O)O. The molecule has 0 atom stereocenters. The first kappa shape index (κ1) is 13.0. The molecule has 0 unspecified atom stereocenters. The minimum absolute atomic E-state index is 0.0625. The van der Waals surface area contributed by atoms with Crippen molar-refractivity contribution >= 4 is 13.6 Å². The van der Waals surface area contributed by atoms with E-state index in [1.807, 2.05) is 0 Å². The molecule has 11 heavy (non-hydrogen) atoms. The third kappa shape index (κ3) is 26.7. The van der Waals surface area contributed by atoms with Gasteiger partial charge in [-0.25, -0.2) is 4.79 Å². The Morgan fingerprint density at radius 3 is 1.82 bits per heavy atom. The van der Waals surface area contributed by atoms with Gasteiger partial charge in [-0.05, 0) is 0 Å². The van der Waals surface area contributed by atoms with E-state index in [1.165, 1.54) is 6.92 Å². The zero-order chi connectivity index (χ0) is 9.49. The van der Waals surface area contributed by atoms with Gasteiger partial charge in [-0.15, -0.1) is 0 Å². The van der Waals surface area contributed by atoms with Crippen LogP contribution >= 0.6 is 7.60 Å². The fraction of sp³-hybridized carbons (Fsp3) is 0.400. The first-order chi connectivity index (χ1) is 4.83. The summed E-state index contributed by atoms with van der Waals surface area (Å²) >= 11 is 0. The second kappa shape index (κ2) is 6.09. The predicted octanol–water partition coefficient (Wildman–Crippen LogP) is 0.441. The smallest absolute Gasteiger partial charge is 0.327 e. The molecular weight excluding hydrogens is 171 g/mol. The molecule has 0 heterocycles. The van der Waals surface area contributed by atoms with Gasteiger partial charge in [-0.3, -0.25) is 4.57 Å². The summed E-state index contributed by atoms with van der Waals surface area (Å²) in [6.07, 6.45) is 0.771. The van der Waals surface area contributed by atoms with Crippen LogP contribution < -0.4 is 0 Å². The van der Waals surface area contributed by atoms with Crippen molar-refractivity contribution in [3.63, 3.8) is 0 Å². The summed E-state index contributed by atoms with van der Waals surface area (Å²) in [5.74, 6) is -0.981. The minimum Gasteiger partial charge on any atom is -0.478 e. The van der Waals surface area contributed by atoms with Gasteiger partial charge < -0.3 is 14.9 Å². The highest BCUT2D eigenvalue weighted by molar-refractivity contribution is 7.51. The van der Waals surface area contributed by atoms with Crippen molar-refractivity contribution in [1.82, 2.24) is 0 Å². The maximum Gasteiger partial charge on any atom is 0.327 e. The summed E-state index contributed by atoms with van der Waals surface area (Å²) in [5.41, 5.74) is 0. The van der Waals surface area contributed by atoms with E-state index in [0.717, 1.165) is 6.08 Å². The topological polar surface area (TPSA) is 94.8 Å². The molecule has 0 aromatic carbocycles. The fourth-order valence-electron chi connectivity index (χ4n) is 0. The highest BCUT2D eigenvalue weighted by Gasteiger charge is 2.05. The van der Waals surface area contributed by atoms with Gasteiger partial charge in [-0.1, -0.05) is 13.5 Å². The second-order valence-corrected chi connectivity index (χ2v) is 3.49. The molecular formula is C5H11O5P. The van der Waals surface area contributed by atoms with Crippen LogP contribution in [0.15, 0.2) is 12.7 Å². The van der Waals surface area contributed by atoms with E-state index < -0.39 is 13.6 Å². The Labute approximate surface area is 64.5 Å². The molecule has 0 saturated heterocycles. The quantitative estimate of drug-likeness (QED) is 0.425. The largest absolute Gasteiger partial charge is 0.478 e. The highest BCUT2D eigenvalue weighted by atomic mass is 31.2. The van der Waals surface area contributed by atoms with E-state index in [1.54, 1.807) is 0 Å². The van der Waals surface area contributed by atoms with Crippen molar-refractivity contribution in [2.24, 2.45) is 0 Å². The lowest BCUT2D eigenvalue weighted by Crippen LogP contribution is -1.82. The summed E-state index contributed by atoms with van der Waals surface area (Å²) in [4.78, 5) is 25.1. The molecule has 0 rings (SSSR count). The standard InChI is InChI=1S/C3H4O2.C2H7O3P/c1-2-3(4)5;1-2-6(3,4)5/h2H,1H2,(H,4,5);2H2,1H3,(H2,3,4,5). The van der Waals surface area contributed by atoms with Gasteiger partial charge in [0.1, 0.15) is 0 Å². The summed E-state index contributed by atoms with van der Waals surface area (Å²) in [6, 6.07) is 0. The van der Waals surface area contributed by atoms with E-state index in [2.05, 4.69) is 6.58 Å². The summed E-state index contributed by atoms with van der Waals surface area (Å²) in [7, 11) is -3.65. The number of carboxylic acids is 1. The predicted molar refractivity (Wildman–Crippen MR) is 40.4 cm³/mol. The molecule has 0 saturated carbocycles. The number of carbonyl (C=O) groups is 1. The van der Waals surface area contributed by atoms with Crippen LogP contribution in [-0.2, 0) is 9.36 Å². The van der Waals surface area contributed by atoms with E-state index in [-0.39, 0.29) is 6.16 Å². The molecule has 0 aromatic rings. The maximum atomic E-state index is 9.69. The number of hydrogen-bond donors (Lipinski definition) is 3. The Kier molecular flexibility index (Phi) is 7.20. The van der Waals surface area contributed by atoms with E-state index >= 15 is 0 Å². The second-order valence-electron chi connectivity index (χ2n) is 1.52. The summed E-state index contributed by atoms with van der Waals surface area (Å²) in [5, 5.41) is 7.60. The molecule has 5 nitrogen and oxygen atoms in total. The van der Waals surface area contributed by atoms with Crippen LogP contribution in [0.2, 0.25) is 0 Å². The molecule has 0 spiro atoms. The monoisotopic (exact) mass is 182 g/mol. The van der Waals surface area contributed by atoms with E-state index in [0.29, 0.717) is 0 Å². The van der Waals surface area contributed by atoms with Crippen LogP contribution in [0.5, 0.6) is 0 Å². The van der Waals surface area contributed by atoms with Gasteiger partial charge >= 0.3 is 13.6 Å². The van der Waals surface area contributed by atoms with Gasteiger partial charge in [0.15, 0.2) is 0 Å². The average Bonchev–Trinajstić information content (AvgIpc) is 1.88. The molecule has 0 aliphatic carbocycles. The first-order valence-electron chi connectivity index (χ1n) is 2.73. The van der Waals surface area contributed by atoms with Crippen molar-refractivity contribution in [2.45, 2.75) is 6.92 Å². The normalized spacial score (nSPS) is 9.36. The highest BCUT2D eigenvalue weighted by Crippen LogP contribution is 2.32. The zero-order valence-electron chi connectivity index (χ0n) is 6.10. The molecule has 0 radical (unpaired) electrons. The molecule has 0 amide bonds. The molecule has 0 aromatic heterocycles. The van der Waals surface area contributed by atoms with Crippen molar-refractivity contribution in [1.29, 1.82) is 0 Å². The number of aliphatic carboxylic acids is 1. The van der Waals surface area contributed by atoms with Crippen molar-refractivity contribution in [3.8, 4) is 0 Å². The van der Waals surface area contributed by atoms with Gasteiger partial charge in [0.2, 0.25) is 0 Å². The molecule has 0 aliphatic rings. The van der Waals surface area contributed by atoms with Gasteiger partial charge in [0, 0.05) is 12.2 Å². The number of rotatable bonds is 2. The molecule has 0 fully saturated rings. The lowest BCUT2D eigenvalue weighted by Gasteiger charge is -1.92. The molecule has 0 aliphatic heterocycles. The van der Waals surface area contributed by atoms with Crippen molar-refractivity contribution in [2.75, 3.05) is 6.16 Å². The minimum atomic E-state index is -3.65. The number of carboxylic acid groups (broad SMARTS) is 1. The van der Waals surface area contributed by atoms with Crippen LogP contribution in [0, 0.1) is 0 Å². The Balaban J connectivity index is 0. The molecule has 0 bridgehead atoms. The first-order valence-corrected chi connectivity index (χ1v) is 4.53. The van der Waals surface area contributed by atoms with Crippen LogP contribution in [0.3, 0.4) is 0 Å². The van der Waals surface area contributed by atoms with E-state index in [9.17, 15) is 9.36 Å². The van der Waals surface area contributed by atoms with Gasteiger partial charge in [0.05, 0.1) is 0 Å². The van der Waals surface area contributed by atoms with Crippen LogP contribution in [0.4, 0.5) is 0 Å². The lowest BCUT2D eigenvalue weighted by molar-refractivity contribution is -0.131. The van der Waals surface area contributed by atoms with Crippen LogP contribution in [0.1, 0.15) is 6.92 Å². The van der Waals surface area contributed by atoms with Crippen LogP contribution in [-0.4, -0.2) is 27.0 Å². The van der Waals surface area contributed by atoms with Crippen molar-refractivity contribution in [3.05, 3.63) is 12.7 Å². The summed E-state index contributed by atoms with van der Waals surface area (Å²) in [6.45, 7) is 4.41. The van der Waals surface area contributed by atoms with E-state index in [4.69, 9.17) is 14.9 Å². The average molecular weight is 182 g/mol. The summed E-state index contributed by atoms with van der Waals surface area (Å²) < 4.78 is 9.69. The molecule has 6 heteroatoms. The third-order valence-electron chi connectivity index (χ3n) is 0.587. The van der Waals surface area contributed by atoms with Crippen molar-refractivity contribution < 1.29 is 24.3 Å². The van der Waals surface area contributed by atoms with Gasteiger partial charge in [-0.2, -0.15) is 0 Å². The zero-order valence-corrected chi connectivity index (χ0v) is 6.99. The molecule has 3 N–H and O–H groups in total. The number of hydrogen-bond acceptors (Lipinski definition) is 2. The Morgan fingerprint density at radius 1 is 1.64 bits per heavy atom.